The second kappa shape index (κ2) is 6.23. The summed E-state index contributed by atoms with van der Waals surface area (Å²) in [5, 5.41) is 0.540. The third kappa shape index (κ3) is 5.39. The first-order chi connectivity index (χ1) is 7.92. The molecular formula is C11H13ClF3NO. The standard InChI is InChI=1S/C11H13ClF3NO/c1-2-10(16-17-7-11(13,14)15)8-4-3-5-9(12)6-8/h3-6,10,16H,2,7H2,1H3. The Kier molecular flexibility index (Phi) is 5.24. The van der Waals surface area contributed by atoms with Gasteiger partial charge < -0.3 is 0 Å². The lowest BCUT2D eigenvalue weighted by molar-refractivity contribution is -0.193. The Hall–Kier alpha value is -0.780. The molecule has 2 nitrogen and oxygen atoms in total. The van der Waals surface area contributed by atoms with Crippen LogP contribution >= 0.6 is 11.6 Å². The number of alkyl halides is 3. The predicted octanol–water partition coefficient (Wildman–Crippen LogP) is 3.87. The van der Waals surface area contributed by atoms with Gasteiger partial charge in [-0.1, -0.05) is 30.7 Å². The molecule has 0 radical (unpaired) electrons. The van der Waals surface area contributed by atoms with Crippen molar-refractivity contribution >= 4 is 11.6 Å². The zero-order chi connectivity index (χ0) is 12.9. The van der Waals surface area contributed by atoms with Crippen LogP contribution in [0.25, 0.3) is 0 Å². The van der Waals surface area contributed by atoms with Crippen LogP contribution in [0.2, 0.25) is 5.02 Å². The van der Waals surface area contributed by atoms with E-state index in [1.165, 1.54) is 0 Å². The van der Waals surface area contributed by atoms with Crippen LogP contribution in [0, 0.1) is 0 Å². The molecule has 17 heavy (non-hydrogen) atoms. The van der Waals surface area contributed by atoms with E-state index in [9.17, 15) is 13.2 Å². The van der Waals surface area contributed by atoms with Gasteiger partial charge in [-0.3, -0.25) is 4.84 Å². The third-order valence-electron chi connectivity index (χ3n) is 2.12. The van der Waals surface area contributed by atoms with Crippen molar-refractivity contribution in [3.8, 4) is 0 Å². The number of nitrogens with one attached hydrogen (secondary N) is 1. The Labute approximate surface area is 103 Å². The molecule has 6 heteroatoms. The van der Waals surface area contributed by atoms with E-state index in [4.69, 9.17) is 11.6 Å². The molecule has 0 bridgehead atoms. The molecule has 0 spiro atoms. The largest absolute Gasteiger partial charge is 0.413 e. The van der Waals surface area contributed by atoms with Crippen molar-refractivity contribution in [1.29, 1.82) is 0 Å². The minimum absolute atomic E-state index is 0.309. The van der Waals surface area contributed by atoms with Gasteiger partial charge in [-0.15, -0.1) is 0 Å². The van der Waals surface area contributed by atoms with Gasteiger partial charge in [0.2, 0.25) is 0 Å². The summed E-state index contributed by atoms with van der Waals surface area (Å²) in [5.74, 6) is 0. The lowest BCUT2D eigenvalue weighted by atomic mass is 10.1. The van der Waals surface area contributed by atoms with Crippen LogP contribution < -0.4 is 5.48 Å². The van der Waals surface area contributed by atoms with Gasteiger partial charge in [0.1, 0.15) is 0 Å². The van der Waals surface area contributed by atoms with Crippen LogP contribution in [0.15, 0.2) is 24.3 Å². The molecule has 0 fully saturated rings. The molecule has 0 aliphatic rings. The summed E-state index contributed by atoms with van der Waals surface area (Å²) in [5.41, 5.74) is 3.18. The highest BCUT2D eigenvalue weighted by molar-refractivity contribution is 6.30. The molecule has 0 aromatic heterocycles. The summed E-state index contributed by atoms with van der Waals surface area (Å²) in [6.45, 7) is 0.527. The number of hydroxylamine groups is 1. The van der Waals surface area contributed by atoms with Crippen LogP contribution in [-0.4, -0.2) is 12.8 Å². The van der Waals surface area contributed by atoms with E-state index in [1.807, 2.05) is 6.92 Å². The fraction of sp³-hybridized carbons (Fsp3) is 0.455. The smallest absolute Gasteiger partial charge is 0.292 e. The van der Waals surface area contributed by atoms with Crippen LogP contribution in [0.4, 0.5) is 13.2 Å². The van der Waals surface area contributed by atoms with Crippen molar-refractivity contribution < 1.29 is 18.0 Å². The van der Waals surface area contributed by atoms with E-state index < -0.39 is 12.8 Å². The lowest BCUT2D eigenvalue weighted by Crippen LogP contribution is -2.27. The molecule has 0 aliphatic heterocycles. The highest BCUT2D eigenvalue weighted by Gasteiger charge is 2.28. The summed E-state index contributed by atoms with van der Waals surface area (Å²) < 4.78 is 35.7. The van der Waals surface area contributed by atoms with Crippen LogP contribution in [0.1, 0.15) is 24.9 Å². The van der Waals surface area contributed by atoms with Gasteiger partial charge in [0.05, 0.1) is 6.04 Å². The molecule has 1 atom stereocenters. The Balaban J connectivity index is 2.54. The monoisotopic (exact) mass is 267 g/mol. The van der Waals surface area contributed by atoms with E-state index >= 15 is 0 Å². The first kappa shape index (κ1) is 14.3. The van der Waals surface area contributed by atoms with Crippen molar-refractivity contribution in [2.45, 2.75) is 25.6 Å². The van der Waals surface area contributed by atoms with Crippen molar-refractivity contribution in [3.05, 3.63) is 34.9 Å². The summed E-state index contributed by atoms with van der Waals surface area (Å²) in [6.07, 6.45) is -3.74. The maximum atomic E-state index is 11.9. The fourth-order valence-electron chi connectivity index (χ4n) is 1.33. The first-order valence-electron chi connectivity index (χ1n) is 5.12. The second-order valence-corrected chi connectivity index (χ2v) is 3.97. The maximum absolute atomic E-state index is 11.9. The lowest BCUT2D eigenvalue weighted by Gasteiger charge is -2.18. The number of rotatable bonds is 5. The summed E-state index contributed by atoms with van der Waals surface area (Å²) in [4.78, 5) is 4.43. The molecule has 1 N–H and O–H groups in total. The summed E-state index contributed by atoms with van der Waals surface area (Å²) in [6, 6.07) is 6.61. The number of halogens is 4. The highest BCUT2D eigenvalue weighted by Crippen LogP contribution is 2.21. The zero-order valence-electron chi connectivity index (χ0n) is 9.22. The third-order valence-corrected chi connectivity index (χ3v) is 2.36. The van der Waals surface area contributed by atoms with Gasteiger partial charge in [-0.2, -0.15) is 18.7 Å². The van der Waals surface area contributed by atoms with Crippen molar-refractivity contribution in [1.82, 2.24) is 5.48 Å². The summed E-state index contributed by atoms with van der Waals surface area (Å²) in [7, 11) is 0. The molecule has 0 saturated heterocycles. The highest BCUT2D eigenvalue weighted by atomic mass is 35.5. The van der Waals surface area contributed by atoms with Crippen molar-refractivity contribution in [2.24, 2.45) is 0 Å². The number of benzene rings is 1. The Morgan fingerprint density at radius 3 is 2.65 bits per heavy atom. The quantitative estimate of drug-likeness (QED) is 0.818. The molecule has 1 unspecified atom stereocenters. The van der Waals surface area contributed by atoms with Crippen molar-refractivity contribution in [3.63, 3.8) is 0 Å². The minimum Gasteiger partial charge on any atom is -0.292 e. The average Bonchev–Trinajstić information content (AvgIpc) is 2.23. The molecule has 0 amide bonds. The second-order valence-electron chi connectivity index (χ2n) is 3.54. The Bertz CT molecular complexity index is 357. The predicted molar refractivity (Wildman–Crippen MR) is 59.6 cm³/mol. The van der Waals surface area contributed by atoms with E-state index in [-0.39, 0.29) is 6.04 Å². The van der Waals surface area contributed by atoms with Crippen LogP contribution in [0.5, 0.6) is 0 Å². The van der Waals surface area contributed by atoms with E-state index in [0.717, 1.165) is 5.56 Å². The van der Waals surface area contributed by atoms with Crippen LogP contribution in [0.3, 0.4) is 0 Å². The summed E-state index contributed by atoms with van der Waals surface area (Å²) >= 11 is 5.80. The van der Waals surface area contributed by atoms with Crippen LogP contribution in [-0.2, 0) is 4.84 Å². The topological polar surface area (TPSA) is 21.3 Å². The Morgan fingerprint density at radius 1 is 1.41 bits per heavy atom. The molecule has 0 aliphatic carbocycles. The first-order valence-corrected chi connectivity index (χ1v) is 5.49. The SMILES string of the molecule is CCC(NOCC(F)(F)F)c1cccc(Cl)c1. The average molecular weight is 268 g/mol. The molecule has 1 aromatic rings. The molecule has 96 valence electrons. The van der Waals surface area contributed by atoms with Gasteiger partial charge in [-0.05, 0) is 24.1 Å². The Morgan fingerprint density at radius 2 is 2.12 bits per heavy atom. The molecule has 0 heterocycles. The molecule has 0 saturated carbocycles. The van der Waals surface area contributed by atoms with Gasteiger partial charge >= 0.3 is 6.18 Å². The van der Waals surface area contributed by atoms with Gasteiger partial charge in [0.25, 0.3) is 0 Å². The van der Waals surface area contributed by atoms with Gasteiger partial charge in [0, 0.05) is 5.02 Å². The molecule has 1 aromatic carbocycles. The number of hydrogen-bond donors (Lipinski definition) is 1. The maximum Gasteiger partial charge on any atom is 0.413 e. The van der Waals surface area contributed by atoms with E-state index in [1.54, 1.807) is 24.3 Å². The minimum atomic E-state index is -4.33. The van der Waals surface area contributed by atoms with Crippen molar-refractivity contribution in [2.75, 3.05) is 6.61 Å². The van der Waals surface area contributed by atoms with E-state index in [0.29, 0.717) is 11.4 Å². The van der Waals surface area contributed by atoms with Gasteiger partial charge in [-0.25, -0.2) is 0 Å². The zero-order valence-corrected chi connectivity index (χ0v) is 9.98. The molecule has 1 rings (SSSR count). The molecular weight excluding hydrogens is 255 g/mol. The number of hydrogen-bond acceptors (Lipinski definition) is 2. The normalized spacial score (nSPS) is 13.7. The van der Waals surface area contributed by atoms with Gasteiger partial charge in [0.15, 0.2) is 6.61 Å². The van der Waals surface area contributed by atoms with E-state index in [2.05, 4.69) is 10.3 Å². The fourth-order valence-corrected chi connectivity index (χ4v) is 1.53.